The van der Waals surface area contributed by atoms with E-state index in [1.54, 1.807) is 0 Å². The lowest BCUT2D eigenvalue weighted by Crippen LogP contribution is -2.52. The van der Waals surface area contributed by atoms with Gasteiger partial charge in [-0.05, 0) is 56.8 Å². The zero-order valence-electron chi connectivity index (χ0n) is 16.0. The molecule has 27 heavy (non-hydrogen) atoms. The molecule has 6 atom stereocenters. The van der Waals surface area contributed by atoms with E-state index in [1.165, 1.54) is 0 Å². The predicted octanol–water partition coefficient (Wildman–Crippen LogP) is 1.71. The number of carboxylic acid groups (broad SMARTS) is 1. The third-order valence-electron chi connectivity index (χ3n) is 7.36. The highest BCUT2D eigenvalue weighted by molar-refractivity contribution is 7.90. The molecule has 1 heterocycles. The molecule has 4 rings (SSSR count). The summed E-state index contributed by atoms with van der Waals surface area (Å²) in [6, 6.07) is 0.368. The molecule has 0 amide bonds. The molecular weight excluding hydrogens is 366 g/mol. The van der Waals surface area contributed by atoms with Gasteiger partial charge in [-0.25, -0.2) is 18.1 Å². The number of rotatable bonds is 5. The number of carbonyl (C=O) groups is 1. The second-order valence-corrected chi connectivity index (χ2v) is 11.0. The lowest BCUT2D eigenvalue weighted by Gasteiger charge is -2.39. The Balaban J connectivity index is 1.44. The van der Waals surface area contributed by atoms with Crippen molar-refractivity contribution in [3.8, 4) is 0 Å². The summed E-state index contributed by atoms with van der Waals surface area (Å²) < 4.78 is 29.5. The topological polar surface area (TPSA) is 98.7 Å². The standard InChI is InChI=1S/C19H33N3O4S/c23-19(24)14-10-13-4-1-7-17(13)18(11-14)27(25,26)21-15-5-2-6-16(12-15)22-9-3-8-20-22/h13-18,20-21H,1-12H2,(H,23,24). The Morgan fingerprint density at radius 2 is 1.85 bits per heavy atom. The number of nitrogens with zero attached hydrogens (tertiary/aromatic N) is 1. The molecule has 0 spiro atoms. The van der Waals surface area contributed by atoms with Crippen molar-refractivity contribution in [1.82, 2.24) is 15.2 Å². The summed E-state index contributed by atoms with van der Waals surface area (Å²) in [4.78, 5) is 11.6. The summed E-state index contributed by atoms with van der Waals surface area (Å²) in [5.41, 5.74) is 3.41. The smallest absolute Gasteiger partial charge is 0.306 e. The van der Waals surface area contributed by atoms with Crippen molar-refractivity contribution in [3.63, 3.8) is 0 Å². The predicted molar refractivity (Wildman–Crippen MR) is 102 cm³/mol. The van der Waals surface area contributed by atoms with E-state index in [0.29, 0.717) is 12.5 Å². The first-order chi connectivity index (χ1) is 12.9. The molecule has 1 aliphatic heterocycles. The molecule has 0 aromatic carbocycles. The highest BCUT2D eigenvalue weighted by atomic mass is 32.2. The van der Waals surface area contributed by atoms with E-state index in [0.717, 1.165) is 64.5 Å². The maximum Gasteiger partial charge on any atom is 0.306 e. The van der Waals surface area contributed by atoms with Crippen LogP contribution in [-0.2, 0) is 14.8 Å². The Hall–Kier alpha value is -0.700. The SMILES string of the molecule is O=C(O)C1CC2CCCC2C(S(=O)(=O)NC2CCCC(N3CCCN3)C2)C1. The molecule has 3 saturated carbocycles. The molecule has 154 valence electrons. The van der Waals surface area contributed by atoms with E-state index in [4.69, 9.17) is 0 Å². The van der Waals surface area contributed by atoms with Gasteiger partial charge in [-0.15, -0.1) is 0 Å². The minimum atomic E-state index is -3.50. The number of hydrazine groups is 1. The van der Waals surface area contributed by atoms with Gasteiger partial charge in [0.15, 0.2) is 0 Å². The Bertz CT molecular complexity index is 649. The Kier molecular flexibility index (Phi) is 5.79. The van der Waals surface area contributed by atoms with Gasteiger partial charge in [0.1, 0.15) is 0 Å². The highest BCUT2D eigenvalue weighted by Crippen LogP contribution is 2.47. The van der Waals surface area contributed by atoms with Crippen LogP contribution in [0.1, 0.15) is 64.2 Å². The van der Waals surface area contributed by atoms with Crippen LogP contribution < -0.4 is 10.1 Å². The maximum absolute atomic E-state index is 13.3. The fraction of sp³-hybridized carbons (Fsp3) is 0.947. The quantitative estimate of drug-likeness (QED) is 0.651. The van der Waals surface area contributed by atoms with Crippen molar-refractivity contribution in [2.24, 2.45) is 17.8 Å². The molecule has 3 N–H and O–H groups in total. The zero-order valence-corrected chi connectivity index (χ0v) is 16.8. The van der Waals surface area contributed by atoms with E-state index in [2.05, 4.69) is 15.2 Å². The van der Waals surface area contributed by atoms with Gasteiger partial charge in [0.2, 0.25) is 10.0 Å². The van der Waals surface area contributed by atoms with Crippen LogP contribution in [0.3, 0.4) is 0 Å². The third-order valence-corrected chi connectivity index (χ3v) is 9.36. The average Bonchev–Trinajstić information content (AvgIpc) is 3.32. The fourth-order valence-electron chi connectivity index (χ4n) is 6.06. The number of aliphatic carboxylic acids is 1. The average molecular weight is 400 g/mol. The van der Waals surface area contributed by atoms with E-state index in [1.807, 2.05) is 0 Å². The molecule has 4 fully saturated rings. The first-order valence-electron chi connectivity index (χ1n) is 10.7. The van der Waals surface area contributed by atoms with Crippen molar-refractivity contribution in [1.29, 1.82) is 0 Å². The summed E-state index contributed by atoms with van der Waals surface area (Å²) in [7, 11) is -3.50. The molecule has 8 heteroatoms. The zero-order chi connectivity index (χ0) is 19.0. The van der Waals surface area contributed by atoms with Gasteiger partial charge in [0.25, 0.3) is 0 Å². The first-order valence-corrected chi connectivity index (χ1v) is 12.2. The van der Waals surface area contributed by atoms with Crippen molar-refractivity contribution in [2.45, 2.75) is 81.5 Å². The molecule has 0 radical (unpaired) electrons. The Labute approximate surface area is 162 Å². The van der Waals surface area contributed by atoms with Crippen molar-refractivity contribution < 1.29 is 18.3 Å². The molecule has 4 aliphatic rings. The van der Waals surface area contributed by atoms with Crippen LogP contribution in [0, 0.1) is 17.8 Å². The molecule has 3 aliphatic carbocycles. The fourth-order valence-corrected chi connectivity index (χ4v) is 8.22. The molecule has 1 saturated heterocycles. The van der Waals surface area contributed by atoms with Gasteiger partial charge in [-0.2, -0.15) is 0 Å². The van der Waals surface area contributed by atoms with Crippen LogP contribution in [0.25, 0.3) is 0 Å². The van der Waals surface area contributed by atoms with E-state index < -0.39 is 27.2 Å². The molecule has 7 nitrogen and oxygen atoms in total. The summed E-state index contributed by atoms with van der Waals surface area (Å²) in [6.07, 6.45) is 8.87. The van der Waals surface area contributed by atoms with Crippen LogP contribution in [0.4, 0.5) is 0 Å². The molecule has 0 aromatic rings. The number of nitrogens with one attached hydrogen (secondary N) is 2. The monoisotopic (exact) mass is 399 g/mol. The molecule has 6 unspecified atom stereocenters. The molecular formula is C19H33N3O4S. The number of fused-ring (bicyclic) bond motifs is 1. The van der Waals surface area contributed by atoms with Crippen molar-refractivity contribution >= 4 is 16.0 Å². The lowest BCUT2D eigenvalue weighted by molar-refractivity contribution is -0.143. The van der Waals surface area contributed by atoms with Gasteiger partial charge in [0, 0.05) is 25.2 Å². The van der Waals surface area contributed by atoms with Crippen molar-refractivity contribution in [2.75, 3.05) is 13.1 Å². The molecule has 0 aromatic heterocycles. The van der Waals surface area contributed by atoms with Crippen molar-refractivity contribution in [3.05, 3.63) is 0 Å². The van der Waals surface area contributed by atoms with Gasteiger partial charge >= 0.3 is 5.97 Å². The van der Waals surface area contributed by atoms with E-state index in [-0.39, 0.29) is 24.3 Å². The maximum atomic E-state index is 13.3. The van der Waals surface area contributed by atoms with Gasteiger partial charge < -0.3 is 5.11 Å². The van der Waals surface area contributed by atoms with Crippen LogP contribution in [0.5, 0.6) is 0 Å². The van der Waals surface area contributed by atoms with Crippen LogP contribution in [-0.4, -0.2) is 54.9 Å². The minimum Gasteiger partial charge on any atom is -0.481 e. The van der Waals surface area contributed by atoms with E-state index in [9.17, 15) is 18.3 Å². The second-order valence-electron chi connectivity index (χ2n) is 9.04. The highest BCUT2D eigenvalue weighted by Gasteiger charge is 2.48. The molecule has 0 bridgehead atoms. The minimum absolute atomic E-state index is 0.0267. The summed E-state index contributed by atoms with van der Waals surface area (Å²) in [6.45, 7) is 2.05. The van der Waals surface area contributed by atoms with Crippen LogP contribution in [0.2, 0.25) is 0 Å². The summed E-state index contributed by atoms with van der Waals surface area (Å²) >= 11 is 0. The first kappa shape index (κ1) is 19.6. The van der Waals surface area contributed by atoms with Crippen LogP contribution in [0.15, 0.2) is 0 Å². The Morgan fingerprint density at radius 1 is 1.04 bits per heavy atom. The van der Waals surface area contributed by atoms with Crippen LogP contribution >= 0.6 is 0 Å². The van der Waals surface area contributed by atoms with Gasteiger partial charge in [-0.3, -0.25) is 10.2 Å². The largest absolute Gasteiger partial charge is 0.481 e. The lowest BCUT2D eigenvalue weighted by atomic mass is 9.75. The van der Waals surface area contributed by atoms with Gasteiger partial charge in [-0.1, -0.05) is 19.3 Å². The Morgan fingerprint density at radius 3 is 2.59 bits per heavy atom. The van der Waals surface area contributed by atoms with E-state index >= 15 is 0 Å². The number of hydrogen-bond donors (Lipinski definition) is 3. The number of sulfonamides is 1. The summed E-state index contributed by atoms with van der Waals surface area (Å²) in [5.74, 6) is -0.954. The normalized spacial score (nSPS) is 40.7. The number of hydrogen-bond acceptors (Lipinski definition) is 5. The van der Waals surface area contributed by atoms with Gasteiger partial charge in [0.05, 0.1) is 11.2 Å². The number of carboxylic acids is 1. The second kappa shape index (κ2) is 7.97. The summed E-state index contributed by atoms with van der Waals surface area (Å²) in [5, 5.41) is 11.2. The third kappa shape index (κ3) is 4.18.